The van der Waals surface area contributed by atoms with Gasteiger partial charge in [-0.2, -0.15) is 4.31 Å². The number of pyridine rings is 1. The van der Waals surface area contributed by atoms with Crippen LogP contribution in [0.5, 0.6) is 0 Å². The van der Waals surface area contributed by atoms with Crippen LogP contribution in [0.15, 0.2) is 28.5 Å². The van der Waals surface area contributed by atoms with E-state index < -0.39 is 26.8 Å². The molecule has 1 aromatic rings. The van der Waals surface area contributed by atoms with Crippen molar-refractivity contribution < 1.29 is 18.0 Å². The third-order valence-corrected chi connectivity index (χ3v) is 4.29. The van der Waals surface area contributed by atoms with E-state index in [1.165, 1.54) is 19.3 Å². The van der Waals surface area contributed by atoms with Crippen molar-refractivity contribution in [3.63, 3.8) is 0 Å². The highest BCUT2D eigenvalue weighted by atomic mass is 32.2. The SMILES string of the molecule is CC(CN(C)S(=O)(=O)c1ncccc1F)/C(N)=N/O. The van der Waals surface area contributed by atoms with Crippen LogP contribution in [-0.4, -0.2) is 42.3 Å². The minimum Gasteiger partial charge on any atom is -0.409 e. The van der Waals surface area contributed by atoms with Gasteiger partial charge < -0.3 is 10.9 Å². The van der Waals surface area contributed by atoms with E-state index in [0.717, 1.165) is 10.4 Å². The van der Waals surface area contributed by atoms with Gasteiger partial charge in [-0.05, 0) is 12.1 Å². The summed E-state index contributed by atoms with van der Waals surface area (Å²) in [5.41, 5.74) is 5.37. The zero-order valence-corrected chi connectivity index (χ0v) is 11.3. The predicted octanol–water partition coefficient (Wildman–Crippen LogP) is 0.224. The first kappa shape index (κ1) is 15.3. The Morgan fingerprint density at radius 2 is 2.32 bits per heavy atom. The quantitative estimate of drug-likeness (QED) is 0.349. The van der Waals surface area contributed by atoms with E-state index in [1.807, 2.05) is 0 Å². The minimum absolute atomic E-state index is 0.0613. The van der Waals surface area contributed by atoms with E-state index in [2.05, 4.69) is 10.1 Å². The molecule has 1 unspecified atom stereocenters. The van der Waals surface area contributed by atoms with Gasteiger partial charge in [-0.3, -0.25) is 0 Å². The number of halogens is 1. The number of oxime groups is 1. The molecule has 7 nitrogen and oxygen atoms in total. The molecule has 19 heavy (non-hydrogen) atoms. The average Bonchev–Trinajstić information content (AvgIpc) is 2.37. The van der Waals surface area contributed by atoms with E-state index in [9.17, 15) is 12.8 Å². The summed E-state index contributed by atoms with van der Waals surface area (Å²) in [6.07, 6.45) is 1.19. The van der Waals surface area contributed by atoms with Crippen LogP contribution in [0.3, 0.4) is 0 Å². The van der Waals surface area contributed by atoms with Gasteiger partial charge in [0, 0.05) is 25.7 Å². The Morgan fingerprint density at radius 1 is 1.68 bits per heavy atom. The zero-order valence-electron chi connectivity index (χ0n) is 10.5. The summed E-state index contributed by atoms with van der Waals surface area (Å²) in [6, 6.07) is 2.31. The number of rotatable bonds is 5. The van der Waals surface area contributed by atoms with Gasteiger partial charge in [-0.1, -0.05) is 12.1 Å². The normalized spacial score (nSPS) is 14.6. The van der Waals surface area contributed by atoms with Crippen molar-refractivity contribution in [1.82, 2.24) is 9.29 Å². The Balaban J connectivity index is 2.99. The molecule has 0 spiro atoms. The molecule has 1 atom stereocenters. The number of nitrogens with two attached hydrogens (primary N) is 1. The van der Waals surface area contributed by atoms with Crippen LogP contribution >= 0.6 is 0 Å². The Morgan fingerprint density at radius 3 is 2.84 bits per heavy atom. The molecule has 9 heteroatoms. The molecule has 3 N–H and O–H groups in total. The Labute approximate surface area is 110 Å². The number of hydrogen-bond donors (Lipinski definition) is 2. The minimum atomic E-state index is -4.05. The molecule has 1 aromatic heterocycles. The van der Waals surface area contributed by atoms with Gasteiger partial charge in [0.15, 0.2) is 5.82 Å². The molecule has 0 aliphatic heterocycles. The second-order valence-electron chi connectivity index (χ2n) is 4.00. The Bertz CT molecular complexity index is 576. The van der Waals surface area contributed by atoms with Crippen molar-refractivity contribution in [3.8, 4) is 0 Å². The van der Waals surface area contributed by atoms with Crippen molar-refractivity contribution in [2.45, 2.75) is 11.9 Å². The summed E-state index contributed by atoms with van der Waals surface area (Å²) in [5.74, 6) is -1.55. The van der Waals surface area contributed by atoms with Gasteiger partial charge in [0.05, 0.1) is 0 Å². The predicted molar refractivity (Wildman–Crippen MR) is 66.6 cm³/mol. The second-order valence-corrected chi connectivity index (χ2v) is 5.96. The third-order valence-electron chi connectivity index (χ3n) is 2.53. The maximum absolute atomic E-state index is 13.5. The van der Waals surface area contributed by atoms with Crippen molar-refractivity contribution in [2.24, 2.45) is 16.8 Å². The highest BCUT2D eigenvalue weighted by Crippen LogP contribution is 2.16. The van der Waals surface area contributed by atoms with Crippen LogP contribution in [-0.2, 0) is 10.0 Å². The number of hydrogen-bond acceptors (Lipinski definition) is 5. The summed E-state index contributed by atoms with van der Waals surface area (Å²) in [6.45, 7) is 1.52. The molecule has 0 saturated heterocycles. The lowest BCUT2D eigenvalue weighted by molar-refractivity contribution is 0.312. The highest BCUT2D eigenvalue weighted by molar-refractivity contribution is 7.89. The largest absolute Gasteiger partial charge is 0.409 e. The fourth-order valence-corrected chi connectivity index (χ4v) is 2.61. The lowest BCUT2D eigenvalue weighted by Crippen LogP contribution is -2.36. The molecule has 0 bridgehead atoms. The maximum Gasteiger partial charge on any atom is 0.263 e. The van der Waals surface area contributed by atoms with E-state index >= 15 is 0 Å². The van der Waals surface area contributed by atoms with Gasteiger partial charge in [-0.25, -0.2) is 17.8 Å². The number of sulfonamides is 1. The molecular formula is C10H15FN4O3S. The van der Waals surface area contributed by atoms with Crippen LogP contribution in [0.25, 0.3) is 0 Å². The molecule has 106 valence electrons. The Kier molecular flexibility index (Phi) is 4.78. The van der Waals surface area contributed by atoms with E-state index in [1.54, 1.807) is 6.92 Å². The van der Waals surface area contributed by atoms with Gasteiger partial charge in [0.25, 0.3) is 10.0 Å². The molecule has 0 aliphatic rings. The molecule has 0 aromatic carbocycles. The van der Waals surface area contributed by atoms with Gasteiger partial charge in [-0.15, -0.1) is 0 Å². The van der Waals surface area contributed by atoms with E-state index in [-0.39, 0.29) is 12.4 Å². The van der Waals surface area contributed by atoms with E-state index in [4.69, 9.17) is 10.9 Å². The monoisotopic (exact) mass is 290 g/mol. The van der Waals surface area contributed by atoms with Crippen LogP contribution in [0, 0.1) is 11.7 Å². The summed E-state index contributed by atoms with van der Waals surface area (Å²) in [7, 11) is -2.78. The molecule has 1 rings (SSSR count). The van der Waals surface area contributed by atoms with Crippen molar-refractivity contribution in [2.75, 3.05) is 13.6 Å². The number of aromatic nitrogens is 1. The smallest absolute Gasteiger partial charge is 0.263 e. The lowest BCUT2D eigenvalue weighted by atomic mass is 10.2. The molecule has 0 saturated carbocycles. The van der Waals surface area contributed by atoms with Crippen molar-refractivity contribution in [3.05, 3.63) is 24.1 Å². The standard InChI is InChI=1S/C10H15FN4O3S/c1-7(9(12)14-16)6-15(2)19(17,18)10-8(11)4-3-5-13-10/h3-5,7,16H,6H2,1-2H3,(H2,12,14). The Hall–Kier alpha value is -1.74. The third kappa shape index (κ3) is 3.38. The van der Waals surface area contributed by atoms with Crippen LogP contribution in [0.2, 0.25) is 0 Å². The summed E-state index contributed by atoms with van der Waals surface area (Å²) >= 11 is 0. The maximum atomic E-state index is 13.5. The molecule has 0 fully saturated rings. The summed E-state index contributed by atoms with van der Waals surface area (Å²) in [5, 5.41) is 10.7. The molecule has 0 aliphatic carbocycles. The van der Waals surface area contributed by atoms with Gasteiger partial charge >= 0.3 is 0 Å². The average molecular weight is 290 g/mol. The highest BCUT2D eigenvalue weighted by Gasteiger charge is 2.27. The fraction of sp³-hybridized carbons (Fsp3) is 0.400. The first-order valence-electron chi connectivity index (χ1n) is 5.35. The first-order valence-corrected chi connectivity index (χ1v) is 6.79. The van der Waals surface area contributed by atoms with Gasteiger partial charge in [0.2, 0.25) is 5.03 Å². The zero-order chi connectivity index (χ0) is 14.6. The van der Waals surface area contributed by atoms with Crippen LogP contribution in [0.4, 0.5) is 4.39 Å². The molecule has 1 heterocycles. The summed E-state index contributed by atoms with van der Waals surface area (Å²) in [4.78, 5) is 3.53. The first-order chi connectivity index (χ1) is 8.80. The van der Waals surface area contributed by atoms with Crippen LogP contribution in [0.1, 0.15) is 6.92 Å². The molecular weight excluding hydrogens is 275 g/mol. The number of nitrogens with zero attached hydrogens (tertiary/aromatic N) is 3. The van der Waals surface area contributed by atoms with Crippen molar-refractivity contribution >= 4 is 15.9 Å². The number of amidine groups is 1. The summed E-state index contributed by atoms with van der Waals surface area (Å²) < 4.78 is 38.5. The second kappa shape index (κ2) is 5.93. The fourth-order valence-electron chi connectivity index (χ4n) is 1.38. The van der Waals surface area contributed by atoms with Gasteiger partial charge in [0.1, 0.15) is 5.84 Å². The van der Waals surface area contributed by atoms with Crippen LogP contribution < -0.4 is 5.73 Å². The topological polar surface area (TPSA) is 109 Å². The lowest BCUT2D eigenvalue weighted by Gasteiger charge is -2.20. The van der Waals surface area contributed by atoms with E-state index in [0.29, 0.717) is 0 Å². The molecule has 0 amide bonds. The molecule has 0 radical (unpaired) electrons. The van der Waals surface area contributed by atoms with Crippen molar-refractivity contribution in [1.29, 1.82) is 0 Å².